The van der Waals surface area contributed by atoms with Crippen molar-refractivity contribution < 1.29 is 4.74 Å². The van der Waals surface area contributed by atoms with Gasteiger partial charge >= 0.3 is 5.69 Å². The van der Waals surface area contributed by atoms with E-state index in [1.807, 2.05) is 28.8 Å². The van der Waals surface area contributed by atoms with Crippen molar-refractivity contribution in [3.8, 4) is 5.75 Å². The van der Waals surface area contributed by atoms with Crippen molar-refractivity contribution in [2.24, 2.45) is 7.05 Å². The van der Waals surface area contributed by atoms with Gasteiger partial charge in [-0.2, -0.15) is 4.98 Å². The lowest BCUT2D eigenvalue weighted by atomic mass is 10.0. The predicted molar refractivity (Wildman–Crippen MR) is 160 cm³/mol. The number of aromatic nitrogens is 4. The number of anilines is 2. The summed E-state index contributed by atoms with van der Waals surface area (Å²) in [4.78, 5) is 33.4. The van der Waals surface area contributed by atoms with Crippen LogP contribution in [0, 0.1) is 0 Å². The second-order valence-electron chi connectivity index (χ2n) is 11.0. The first-order valence-electron chi connectivity index (χ1n) is 15.2. The fourth-order valence-corrected chi connectivity index (χ4v) is 5.76. The number of methoxy groups -OCH3 is 1. The molecule has 0 saturated heterocycles. The van der Waals surface area contributed by atoms with Crippen molar-refractivity contribution in [1.29, 1.82) is 0 Å². The number of imidazole rings is 1. The first-order valence-corrected chi connectivity index (χ1v) is 15.2. The van der Waals surface area contributed by atoms with Crippen molar-refractivity contribution in [2.75, 3.05) is 18.6 Å². The highest BCUT2D eigenvalue weighted by atomic mass is 16.5. The van der Waals surface area contributed by atoms with E-state index in [2.05, 4.69) is 11.8 Å². The molecular weight excluding hydrogens is 490 g/mol. The van der Waals surface area contributed by atoms with Crippen molar-refractivity contribution in [1.82, 2.24) is 18.7 Å². The third-order valence-corrected chi connectivity index (χ3v) is 8.10. The maximum Gasteiger partial charge on any atom is 0.332 e. The van der Waals surface area contributed by atoms with Crippen LogP contribution < -0.4 is 20.9 Å². The minimum absolute atomic E-state index is 0.228. The molecule has 1 aliphatic rings. The van der Waals surface area contributed by atoms with Gasteiger partial charge in [0.15, 0.2) is 11.2 Å². The molecule has 4 rings (SSSR count). The fraction of sp³-hybridized carbons (Fsp3) is 0.645. The Morgan fingerprint density at radius 1 is 0.846 bits per heavy atom. The quantitative estimate of drug-likeness (QED) is 0.183. The van der Waals surface area contributed by atoms with Crippen molar-refractivity contribution >= 4 is 22.8 Å². The monoisotopic (exact) mass is 537 g/mol. The average Bonchev–Trinajstić information content (AvgIpc) is 3.53. The summed E-state index contributed by atoms with van der Waals surface area (Å²) in [6, 6.07) is 7.81. The van der Waals surface area contributed by atoms with Gasteiger partial charge in [0.05, 0.1) is 7.11 Å². The number of fused-ring (bicyclic) bond motifs is 3. The Balaban J connectivity index is 1.28. The molecule has 214 valence electrons. The van der Waals surface area contributed by atoms with Crippen LogP contribution in [0.2, 0.25) is 0 Å². The number of aryl methyl sites for hydroxylation is 1. The van der Waals surface area contributed by atoms with Gasteiger partial charge in [-0.05, 0) is 18.6 Å². The third-order valence-electron chi connectivity index (χ3n) is 8.10. The Morgan fingerprint density at radius 3 is 2.08 bits per heavy atom. The lowest BCUT2D eigenvalue weighted by molar-refractivity contribution is 0.415. The minimum Gasteiger partial charge on any atom is -0.497 e. The molecule has 8 heteroatoms. The van der Waals surface area contributed by atoms with E-state index in [9.17, 15) is 9.59 Å². The molecule has 3 aromatic rings. The first kappa shape index (κ1) is 29.0. The Kier molecular flexibility index (Phi) is 10.7. The molecule has 0 atom stereocenters. The molecule has 2 aromatic heterocycles. The minimum atomic E-state index is -0.285. The molecule has 0 fully saturated rings. The lowest BCUT2D eigenvalue weighted by Gasteiger charge is -2.16. The Bertz CT molecular complexity index is 1320. The lowest BCUT2D eigenvalue weighted by Crippen LogP contribution is -2.39. The number of hydrogen-bond acceptors (Lipinski definition) is 5. The summed E-state index contributed by atoms with van der Waals surface area (Å²) in [5, 5.41) is 0. The van der Waals surface area contributed by atoms with Crippen LogP contribution in [-0.4, -0.2) is 32.3 Å². The van der Waals surface area contributed by atoms with E-state index in [0.717, 1.165) is 30.7 Å². The van der Waals surface area contributed by atoms with Crippen LogP contribution in [0.4, 0.5) is 11.6 Å². The molecule has 0 unspecified atom stereocenters. The molecule has 1 aromatic carbocycles. The van der Waals surface area contributed by atoms with Gasteiger partial charge in [-0.25, -0.2) is 4.79 Å². The number of rotatable bonds is 17. The van der Waals surface area contributed by atoms with Crippen LogP contribution in [0.25, 0.3) is 11.2 Å². The maximum absolute atomic E-state index is 13.5. The van der Waals surface area contributed by atoms with E-state index >= 15 is 0 Å². The maximum atomic E-state index is 13.5. The van der Waals surface area contributed by atoms with Gasteiger partial charge in [-0.1, -0.05) is 96.5 Å². The summed E-state index contributed by atoms with van der Waals surface area (Å²) in [6.07, 6.45) is 17.9. The smallest absolute Gasteiger partial charge is 0.332 e. The number of benzene rings is 1. The Labute approximate surface area is 232 Å². The Morgan fingerprint density at radius 2 is 1.46 bits per heavy atom. The summed E-state index contributed by atoms with van der Waals surface area (Å²) in [6.45, 7) is 4.09. The van der Waals surface area contributed by atoms with E-state index in [0.29, 0.717) is 36.7 Å². The summed E-state index contributed by atoms with van der Waals surface area (Å²) < 4.78 is 10.3. The summed E-state index contributed by atoms with van der Waals surface area (Å²) in [5.41, 5.74) is 1.41. The SMILES string of the molecule is CCCCCCCCCCCCCCCCn1c(=O)c2c(nc3n2CCN3c2cccc(OC)c2)n(C)c1=O. The molecule has 0 N–H and O–H groups in total. The molecular formula is C31H47N5O3. The predicted octanol–water partition coefficient (Wildman–Crippen LogP) is 6.54. The molecule has 0 spiro atoms. The van der Waals surface area contributed by atoms with Gasteiger partial charge < -0.3 is 14.2 Å². The van der Waals surface area contributed by atoms with Crippen molar-refractivity contribution in [3.63, 3.8) is 0 Å². The van der Waals surface area contributed by atoms with Crippen LogP contribution in [-0.2, 0) is 20.1 Å². The molecule has 3 heterocycles. The number of unbranched alkanes of at least 4 members (excludes halogenated alkanes) is 13. The molecule has 0 bridgehead atoms. The largest absolute Gasteiger partial charge is 0.497 e. The van der Waals surface area contributed by atoms with E-state index in [1.165, 1.54) is 79.8 Å². The van der Waals surface area contributed by atoms with Gasteiger partial charge in [-0.15, -0.1) is 0 Å². The van der Waals surface area contributed by atoms with Crippen molar-refractivity contribution in [3.05, 3.63) is 45.1 Å². The fourth-order valence-electron chi connectivity index (χ4n) is 5.76. The van der Waals surface area contributed by atoms with E-state index < -0.39 is 0 Å². The molecule has 8 nitrogen and oxygen atoms in total. The van der Waals surface area contributed by atoms with Crippen LogP contribution in [0.15, 0.2) is 33.9 Å². The van der Waals surface area contributed by atoms with E-state index in [1.54, 1.807) is 14.2 Å². The van der Waals surface area contributed by atoms with E-state index in [4.69, 9.17) is 9.72 Å². The van der Waals surface area contributed by atoms with Crippen LogP contribution in [0.5, 0.6) is 5.75 Å². The number of ether oxygens (including phenoxy) is 1. The molecule has 0 radical (unpaired) electrons. The molecule has 39 heavy (non-hydrogen) atoms. The zero-order valence-corrected chi connectivity index (χ0v) is 24.3. The van der Waals surface area contributed by atoms with Gasteiger partial charge in [-0.3, -0.25) is 13.9 Å². The highest BCUT2D eigenvalue weighted by molar-refractivity contribution is 5.78. The second-order valence-corrected chi connectivity index (χ2v) is 11.0. The topological polar surface area (TPSA) is 74.3 Å². The molecule has 0 aliphatic carbocycles. The van der Waals surface area contributed by atoms with Crippen LogP contribution in [0.1, 0.15) is 96.8 Å². The number of nitrogens with zero attached hydrogens (tertiary/aromatic N) is 5. The summed E-state index contributed by atoms with van der Waals surface area (Å²) in [7, 11) is 3.36. The third kappa shape index (κ3) is 6.95. The average molecular weight is 538 g/mol. The van der Waals surface area contributed by atoms with Crippen molar-refractivity contribution in [2.45, 2.75) is 110 Å². The Hall–Kier alpha value is -3.03. The zero-order chi connectivity index (χ0) is 27.6. The zero-order valence-electron chi connectivity index (χ0n) is 24.3. The highest BCUT2D eigenvalue weighted by Gasteiger charge is 2.28. The summed E-state index contributed by atoms with van der Waals surface area (Å²) >= 11 is 0. The normalized spacial score (nSPS) is 12.9. The van der Waals surface area contributed by atoms with E-state index in [-0.39, 0.29) is 11.2 Å². The van der Waals surface area contributed by atoms with Gasteiger partial charge in [0.2, 0.25) is 5.95 Å². The highest BCUT2D eigenvalue weighted by Crippen LogP contribution is 2.33. The van der Waals surface area contributed by atoms with Gasteiger partial charge in [0.25, 0.3) is 5.56 Å². The first-order chi connectivity index (χ1) is 19.1. The molecule has 0 saturated carbocycles. The molecule has 1 aliphatic heterocycles. The van der Waals surface area contributed by atoms with Gasteiger partial charge in [0, 0.05) is 38.4 Å². The second kappa shape index (κ2) is 14.4. The summed E-state index contributed by atoms with van der Waals surface area (Å²) in [5.74, 6) is 1.46. The number of hydrogen-bond donors (Lipinski definition) is 0. The van der Waals surface area contributed by atoms with Gasteiger partial charge in [0.1, 0.15) is 5.75 Å². The standard InChI is InChI=1S/C31H47N5O3/c1-4-5-6-7-8-9-10-11-12-13-14-15-16-17-21-36-29(37)27-28(33(2)31(36)38)32-30-34(22-23-35(27)30)25-19-18-20-26(24-25)39-3/h18-20,24H,4-17,21-23H2,1-3H3. The molecule has 0 amide bonds. The van der Waals surface area contributed by atoms with Crippen LogP contribution >= 0.6 is 0 Å². The van der Waals surface area contributed by atoms with Crippen LogP contribution in [0.3, 0.4) is 0 Å².